The van der Waals surface area contributed by atoms with E-state index in [1.54, 1.807) is 0 Å². The summed E-state index contributed by atoms with van der Waals surface area (Å²) in [5.74, 6) is 0.636. The van der Waals surface area contributed by atoms with E-state index in [2.05, 4.69) is 6.92 Å². The number of aliphatic hydroxyl groups is 1. The number of benzene rings is 1. The smallest absolute Gasteiger partial charge is 0.268 e. The van der Waals surface area contributed by atoms with Crippen LogP contribution in [0, 0.1) is 0 Å². The first-order chi connectivity index (χ1) is 17.1. The normalized spacial score (nSPS) is 14.5. The van der Waals surface area contributed by atoms with Crippen molar-refractivity contribution in [3.63, 3.8) is 0 Å². The first-order valence-corrected chi connectivity index (χ1v) is 15.4. The minimum atomic E-state index is -4.44. The van der Waals surface area contributed by atoms with Gasteiger partial charge in [-0.15, -0.1) is 0 Å². The number of aliphatic hydroxyl groups excluding tert-OH is 1. The van der Waals surface area contributed by atoms with Crippen LogP contribution in [0.15, 0.2) is 24.3 Å². The van der Waals surface area contributed by atoms with Crippen LogP contribution in [-0.2, 0) is 20.0 Å². The summed E-state index contributed by atoms with van der Waals surface area (Å²) < 4.78 is 27.5. The van der Waals surface area contributed by atoms with E-state index >= 15 is 0 Å². The van der Waals surface area contributed by atoms with Crippen molar-refractivity contribution in [1.29, 1.82) is 0 Å². The van der Waals surface area contributed by atoms with E-state index in [9.17, 15) is 14.6 Å². The molecular formula is C28H52NO6P. The molecule has 0 radical (unpaired) electrons. The van der Waals surface area contributed by atoms with Crippen LogP contribution in [0.1, 0.15) is 89.5 Å². The molecule has 0 saturated carbocycles. The van der Waals surface area contributed by atoms with Gasteiger partial charge in [-0.25, -0.2) is 0 Å². The van der Waals surface area contributed by atoms with Crippen molar-refractivity contribution in [2.24, 2.45) is 0 Å². The van der Waals surface area contributed by atoms with Gasteiger partial charge in [-0.05, 0) is 30.5 Å². The Morgan fingerprint density at radius 1 is 0.833 bits per heavy atom. The molecule has 1 aromatic carbocycles. The number of aryl methyl sites for hydroxylation is 1. The SMILES string of the molecule is CCCCCCCCCCCCCCc1ccc(OCC(O)COP(=O)([O-])OCC[N+](C)(C)C)cc1. The fourth-order valence-electron chi connectivity index (χ4n) is 3.80. The van der Waals surface area contributed by atoms with Gasteiger partial charge in [0, 0.05) is 0 Å². The minimum absolute atomic E-state index is 0.0302. The minimum Gasteiger partial charge on any atom is -0.756 e. The fourth-order valence-corrected chi connectivity index (χ4v) is 4.54. The Labute approximate surface area is 220 Å². The molecule has 0 spiro atoms. The molecule has 1 aromatic rings. The zero-order valence-electron chi connectivity index (χ0n) is 23.3. The van der Waals surface area contributed by atoms with Crippen molar-refractivity contribution < 1.29 is 32.8 Å². The summed E-state index contributed by atoms with van der Waals surface area (Å²) >= 11 is 0. The molecule has 0 bridgehead atoms. The highest BCUT2D eigenvalue weighted by molar-refractivity contribution is 7.45. The molecule has 1 rings (SSSR count). The van der Waals surface area contributed by atoms with Gasteiger partial charge in [0.25, 0.3) is 7.82 Å². The third kappa shape index (κ3) is 19.2. The molecule has 2 atom stereocenters. The third-order valence-electron chi connectivity index (χ3n) is 6.12. The Balaban J connectivity index is 2.09. The van der Waals surface area contributed by atoms with Gasteiger partial charge in [0.05, 0.1) is 27.7 Å². The van der Waals surface area contributed by atoms with Crippen LogP contribution in [0.25, 0.3) is 0 Å². The first kappa shape index (κ1) is 33.1. The van der Waals surface area contributed by atoms with Gasteiger partial charge in [-0.3, -0.25) is 4.57 Å². The summed E-state index contributed by atoms with van der Waals surface area (Å²) in [6.45, 7) is 2.36. The van der Waals surface area contributed by atoms with Crippen LogP contribution in [-0.4, -0.2) is 63.2 Å². The van der Waals surface area contributed by atoms with E-state index in [4.69, 9.17) is 13.8 Å². The average molecular weight is 530 g/mol. The molecule has 210 valence electrons. The Kier molecular flexibility index (Phi) is 17.6. The summed E-state index contributed by atoms with van der Waals surface area (Å²) in [5, 5.41) is 9.99. The zero-order chi connectivity index (χ0) is 26.7. The maximum Gasteiger partial charge on any atom is 0.268 e. The molecule has 0 aromatic heterocycles. The Morgan fingerprint density at radius 2 is 1.36 bits per heavy atom. The molecule has 36 heavy (non-hydrogen) atoms. The second kappa shape index (κ2) is 19.2. The molecule has 0 heterocycles. The Bertz CT molecular complexity index is 707. The number of nitrogens with zero attached hydrogens (tertiary/aromatic N) is 1. The van der Waals surface area contributed by atoms with Crippen LogP contribution in [0.5, 0.6) is 5.75 Å². The Hall–Kier alpha value is -0.950. The highest BCUT2D eigenvalue weighted by Gasteiger charge is 2.16. The summed E-state index contributed by atoms with van der Waals surface area (Å²) in [4.78, 5) is 11.8. The average Bonchev–Trinajstić information content (AvgIpc) is 2.82. The quantitative estimate of drug-likeness (QED) is 0.108. The number of phosphoric acid groups is 1. The van der Waals surface area contributed by atoms with E-state index in [1.807, 2.05) is 45.4 Å². The molecule has 8 heteroatoms. The van der Waals surface area contributed by atoms with Gasteiger partial charge < -0.3 is 28.3 Å². The lowest BCUT2D eigenvalue weighted by Gasteiger charge is -2.27. The summed E-state index contributed by atoms with van der Waals surface area (Å²) in [5.41, 5.74) is 1.27. The van der Waals surface area contributed by atoms with E-state index in [-0.39, 0.29) is 13.2 Å². The summed E-state index contributed by atoms with van der Waals surface area (Å²) in [6, 6.07) is 7.86. The van der Waals surface area contributed by atoms with E-state index in [1.165, 1.54) is 82.6 Å². The number of unbranched alkanes of at least 4 members (excludes halogenated alkanes) is 11. The summed E-state index contributed by atoms with van der Waals surface area (Å²) in [6.07, 6.45) is 16.2. The van der Waals surface area contributed by atoms with Crippen molar-refractivity contribution in [3.8, 4) is 5.75 Å². The zero-order valence-corrected chi connectivity index (χ0v) is 24.2. The molecule has 0 amide bonds. The van der Waals surface area contributed by atoms with Crippen LogP contribution in [0.3, 0.4) is 0 Å². The highest BCUT2D eigenvalue weighted by Crippen LogP contribution is 2.38. The molecule has 0 aliphatic rings. The number of rotatable bonds is 23. The molecule has 7 nitrogen and oxygen atoms in total. The topological polar surface area (TPSA) is 88.0 Å². The number of hydrogen-bond acceptors (Lipinski definition) is 6. The van der Waals surface area contributed by atoms with Crippen LogP contribution >= 0.6 is 7.82 Å². The van der Waals surface area contributed by atoms with Gasteiger partial charge in [-0.1, -0.05) is 89.7 Å². The lowest BCUT2D eigenvalue weighted by molar-refractivity contribution is -0.870. The van der Waals surface area contributed by atoms with Crippen LogP contribution in [0.4, 0.5) is 0 Å². The van der Waals surface area contributed by atoms with Crippen molar-refractivity contribution in [2.45, 2.75) is 96.5 Å². The number of hydrogen-bond donors (Lipinski definition) is 1. The molecule has 1 N–H and O–H groups in total. The first-order valence-electron chi connectivity index (χ1n) is 13.9. The predicted molar refractivity (Wildman–Crippen MR) is 145 cm³/mol. The van der Waals surface area contributed by atoms with Gasteiger partial charge >= 0.3 is 0 Å². The maximum atomic E-state index is 11.8. The maximum absolute atomic E-state index is 11.8. The lowest BCUT2D eigenvalue weighted by Crippen LogP contribution is -2.37. The van der Waals surface area contributed by atoms with Gasteiger partial charge in [0.15, 0.2) is 0 Å². The van der Waals surface area contributed by atoms with E-state index in [0.717, 1.165) is 6.42 Å². The lowest BCUT2D eigenvalue weighted by atomic mass is 10.0. The fraction of sp³-hybridized carbons (Fsp3) is 0.786. The van der Waals surface area contributed by atoms with Crippen molar-refractivity contribution in [2.75, 3.05) is 47.5 Å². The predicted octanol–water partition coefficient (Wildman–Crippen LogP) is 5.88. The van der Waals surface area contributed by atoms with Gasteiger partial charge in [0.1, 0.15) is 31.6 Å². The Morgan fingerprint density at radius 3 is 1.89 bits per heavy atom. The van der Waals surface area contributed by atoms with Crippen molar-refractivity contribution >= 4 is 7.82 Å². The second-order valence-corrected chi connectivity index (χ2v) is 12.2. The number of ether oxygens (including phenoxy) is 1. The molecular weight excluding hydrogens is 477 g/mol. The third-order valence-corrected chi connectivity index (χ3v) is 7.09. The summed E-state index contributed by atoms with van der Waals surface area (Å²) in [7, 11) is 1.37. The van der Waals surface area contributed by atoms with Crippen LogP contribution in [0.2, 0.25) is 0 Å². The standard InChI is InChI=1S/C28H52NO6P/c1-5-6-7-8-9-10-11-12-13-14-15-16-17-26-18-20-28(21-19-26)33-24-27(30)25-35-36(31,32)34-23-22-29(2,3)4/h18-21,27,30H,5-17,22-25H2,1-4H3. The second-order valence-electron chi connectivity index (χ2n) is 10.8. The number of phosphoric ester groups is 1. The monoisotopic (exact) mass is 529 g/mol. The molecule has 0 saturated heterocycles. The van der Waals surface area contributed by atoms with E-state index < -0.39 is 20.5 Å². The molecule has 0 aliphatic heterocycles. The molecule has 0 aliphatic carbocycles. The van der Waals surface area contributed by atoms with Gasteiger partial charge in [0.2, 0.25) is 0 Å². The van der Waals surface area contributed by atoms with Gasteiger partial charge in [-0.2, -0.15) is 0 Å². The van der Waals surface area contributed by atoms with Crippen LogP contribution < -0.4 is 9.63 Å². The molecule has 2 unspecified atom stereocenters. The van der Waals surface area contributed by atoms with Crippen molar-refractivity contribution in [3.05, 3.63) is 29.8 Å². The largest absolute Gasteiger partial charge is 0.756 e. The highest BCUT2D eigenvalue weighted by atomic mass is 31.2. The van der Waals surface area contributed by atoms with Crippen molar-refractivity contribution in [1.82, 2.24) is 0 Å². The molecule has 0 fully saturated rings. The number of quaternary nitrogens is 1. The number of likely N-dealkylation sites (N-methyl/N-ethyl adjacent to an activating group) is 1. The van der Waals surface area contributed by atoms with E-state index in [0.29, 0.717) is 16.8 Å².